The summed E-state index contributed by atoms with van der Waals surface area (Å²) in [6, 6.07) is 3.73. The van der Waals surface area contributed by atoms with E-state index < -0.39 is 5.60 Å². The predicted molar refractivity (Wildman–Crippen MR) is 88.9 cm³/mol. The van der Waals surface area contributed by atoms with Gasteiger partial charge in [0.05, 0.1) is 7.11 Å². The van der Waals surface area contributed by atoms with Crippen LogP contribution in [0.25, 0.3) is 5.57 Å². The molecule has 6 heteroatoms. The van der Waals surface area contributed by atoms with Crippen molar-refractivity contribution in [2.75, 3.05) is 20.2 Å². The van der Waals surface area contributed by atoms with Crippen LogP contribution < -0.4 is 4.74 Å². The van der Waals surface area contributed by atoms with Crippen molar-refractivity contribution in [2.45, 2.75) is 32.8 Å². The Balaban J connectivity index is 2.12. The molecule has 0 aromatic carbocycles. The molecule has 5 nitrogen and oxygen atoms in total. The van der Waals surface area contributed by atoms with Gasteiger partial charge in [0.2, 0.25) is 0 Å². The molecule has 22 heavy (non-hydrogen) atoms. The van der Waals surface area contributed by atoms with E-state index in [4.69, 9.17) is 9.47 Å². The van der Waals surface area contributed by atoms with Crippen LogP contribution in [0.5, 0.6) is 5.75 Å². The Morgan fingerprint density at radius 1 is 1.36 bits per heavy atom. The van der Waals surface area contributed by atoms with Crippen LogP contribution in [-0.4, -0.2) is 41.8 Å². The van der Waals surface area contributed by atoms with Gasteiger partial charge in [-0.1, -0.05) is 6.08 Å². The summed E-state index contributed by atoms with van der Waals surface area (Å²) < 4.78 is 11.5. The van der Waals surface area contributed by atoms with Crippen LogP contribution >= 0.6 is 15.9 Å². The van der Waals surface area contributed by atoms with Crippen LogP contribution in [0, 0.1) is 0 Å². The molecule has 0 saturated carbocycles. The summed E-state index contributed by atoms with van der Waals surface area (Å²) in [5.74, 6) is 0.736. The second-order valence-electron chi connectivity index (χ2n) is 6.09. The molecule has 0 spiro atoms. The Morgan fingerprint density at radius 3 is 2.64 bits per heavy atom. The Labute approximate surface area is 139 Å². The normalized spacial score (nSPS) is 15.3. The number of ether oxygens (including phenoxy) is 2. The van der Waals surface area contributed by atoms with E-state index in [0.29, 0.717) is 13.1 Å². The molecule has 120 valence electrons. The molecular weight excluding hydrogens is 348 g/mol. The topological polar surface area (TPSA) is 51.7 Å². The van der Waals surface area contributed by atoms with Crippen molar-refractivity contribution in [1.29, 1.82) is 0 Å². The quantitative estimate of drug-likeness (QED) is 0.743. The van der Waals surface area contributed by atoms with E-state index in [9.17, 15) is 4.79 Å². The Kier molecular flexibility index (Phi) is 5.11. The largest absolute Gasteiger partial charge is 0.494 e. The summed E-state index contributed by atoms with van der Waals surface area (Å²) in [4.78, 5) is 18.2. The second-order valence-corrected chi connectivity index (χ2v) is 6.90. The van der Waals surface area contributed by atoms with Gasteiger partial charge < -0.3 is 14.4 Å². The molecular formula is C16H21BrN2O3. The van der Waals surface area contributed by atoms with Gasteiger partial charge in [-0.05, 0) is 60.8 Å². The molecule has 0 radical (unpaired) electrons. The molecule has 0 aliphatic carbocycles. The average Bonchev–Trinajstić information content (AvgIpc) is 2.45. The van der Waals surface area contributed by atoms with Crippen molar-refractivity contribution < 1.29 is 14.3 Å². The number of nitrogens with zero attached hydrogens (tertiary/aromatic N) is 2. The molecule has 1 aromatic rings. The minimum atomic E-state index is -0.476. The lowest BCUT2D eigenvalue weighted by molar-refractivity contribution is 0.0270. The monoisotopic (exact) mass is 368 g/mol. The van der Waals surface area contributed by atoms with Gasteiger partial charge in [-0.2, -0.15) is 0 Å². The van der Waals surface area contributed by atoms with E-state index in [0.717, 1.165) is 28.0 Å². The molecule has 1 aliphatic heterocycles. The maximum absolute atomic E-state index is 12.1. The van der Waals surface area contributed by atoms with Gasteiger partial charge in [-0.25, -0.2) is 9.78 Å². The first-order valence-corrected chi connectivity index (χ1v) is 7.97. The van der Waals surface area contributed by atoms with Gasteiger partial charge in [0.25, 0.3) is 0 Å². The van der Waals surface area contributed by atoms with Crippen LogP contribution in [0.1, 0.15) is 32.9 Å². The van der Waals surface area contributed by atoms with E-state index >= 15 is 0 Å². The molecule has 0 bridgehead atoms. The molecule has 0 saturated heterocycles. The Morgan fingerprint density at radius 2 is 2.09 bits per heavy atom. The highest BCUT2D eigenvalue weighted by Crippen LogP contribution is 2.30. The number of methoxy groups -OCH3 is 1. The lowest BCUT2D eigenvalue weighted by Crippen LogP contribution is -2.39. The van der Waals surface area contributed by atoms with Gasteiger partial charge in [0, 0.05) is 13.1 Å². The zero-order valence-corrected chi connectivity index (χ0v) is 14.9. The van der Waals surface area contributed by atoms with E-state index in [2.05, 4.69) is 20.9 Å². The van der Waals surface area contributed by atoms with Crippen molar-refractivity contribution in [1.82, 2.24) is 9.88 Å². The van der Waals surface area contributed by atoms with Crippen molar-refractivity contribution in [3.05, 3.63) is 28.5 Å². The zero-order chi connectivity index (χ0) is 16.3. The smallest absolute Gasteiger partial charge is 0.410 e. The summed E-state index contributed by atoms with van der Waals surface area (Å²) in [6.07, 6.45) is 2.45. The Bertz CT molecular complexity index is 594. The Hall–Kier alpha value is -1.56. The molecule has 0 unspecified atom stereocenters. The van der Waals surface area contributed by atoms with Gasteiger partial charge >= 0.3 is 6.09 Å². The molecule has 1 aliphatic rings. The number of amides is 1. The number of hydrogen-bond donors (Lipinski definition) is 0. The van der Waals surface area contributed by atoms with E-state index in [1.165, 1.54) is 0 Å². The number of rotatable bonds is 2. The maximum Gasteiger partial charge on any atom is 0.410 e. The standard InChI is InChI=1S/C16H21BrN2O3/c1-16(2,3)22-15(20)19-9-7-11(8-10-19)14-12(21-4)5-6-13(17)18-14/h5-7H,8-10H2,1-4H3. The minimum absolute atomic E-state index is 0.281. The average molecular weight is 369 g/mol. The number of aromatic nitrogens is 1. The molecule has 1 amide bonds. The fourth-order valence-corrected chi connectivity index (χ4v) is 2.50. The highest BCUT2D eigenvalue weighted by molar-refractivity contribution is 9.10. The number of hydrogen-bond acceptors (Lipinski definition) is 4. The molecule has 2 rings (SSSR count). The van der Waals surface area contributed by atoms with Crippen LogP contribution in [0.15, 0.2) is 22.8 Å². The third-order valence-corrected chi connectivity index (χ3v) is 3.65. The summed E-state index contributed by atoms with van der Waals surface area (Å²) in [5, 5.41) is 0. The number of carbonyl (C=O) groups is 1. The number of carbonyl (C=O) groups excluding carboxylic acids is 1. The van der Waals surface area contributed by atoms with Crippen LogP contribution in [0.3, 0.4) is 0 Å². The first-order chi connectivity index (χ1) is 10.3. The summed E-state index contributed by atoms with van der Waals surface area (Å²) >= 11 is 3.38. The molecule has 0 N–H and O–H groups in total. The first-order valence-electron chi connectivity index (χ1n) is 7.18. The summed E-state index contributed by atoms with van der Waals surface area (Å²) in [6.45, 7) is 6.73. The maximum atomic E-state index is 12.1. The van der Waals surface area contributed by atoms with Gasteiger partial charge in [0.1, 0.15) is 21.6 Å². The molecule has 0 fully saturated rings. The van der Waals surface area contributed by atoms with Crippen molar-refractivity contribution >= 4 is 27.6 Å². The third kappa shape index (κ3) is 4.22. The van der Waals surface area contributed by atoms with E-state index in [-0.39, 0.29) is 6.09 Å². The van der Waals surface area contributed by atoms with Crippen molar-refractivity contribution in [3.63, 3.8) is 0 Å². The minimum Gasteiger partial charge on any atom is -0.494 e. The van der Waals surface area contributed by atoms with E-state index in [1.807, 2.05) is 39.0 Å². The van der Waals surface area contributed by atoms with Crippen LogP contribution in [0.4, 0.5) is 4.79 Å². The summed E-state index contributed by atoms with van der Waals surface area (Å²) in [7, 11) is 1.63. The lowest BCUT2D eigenvalue weighted by atomic mass is 10.0. The van der Waals surface area contributed by atoms with Crippen molar-refractivity contribution in [2.24, 2.45) is 0 Å². The van der Waals surface area contributed by atoms with Gasteiger partial charge in [-0.15, -0.1) is 0 Å². The lowest BCUT2D eigenvalue weighted by Gasteiger charge is -2.29. The first kappa shape index (κ1) is 16.8. The highest BCUT2D eigenvalue weighted by Gasteiger charge is 2.25. The number of pyridine rings is 1. The van der Waals surface area contributed by atoms with E-state index in [1.54, 1.807) is 12.0 Å². The van der Waals surface area contributed by atoms with Gasteiger partial charge in [0.15, 0.2) is 0 Å². The van der Waals surface area contributed by atoms with Crippen LogP contribution in [-0.2, 0) is 4.74 Å². The zero-order valence-electron chi connectivity index (χ0n) is 13.4. The van der Waals surface area contributed by atoms with Crippen LogP contribution in [0.2, 0.25) is 0 Å². The fourth-order valence-electron chi connectivity index (χ4n) is 2.19. The fraction of sp³-hybridized carbons (Fsp3) is 0.500. The number of halogens is 1. The highest BCUT2D eigenvalue weighted by atomic mass is 79.9. The predicted octanol–water partition coefficient (Wildman–Crippen LogP) is 3.88. The third-order valence-electron chi connectivity index (χ3n) is 3.21. The van der Waals surface area contributed by atoms with Crippen molar-refractivity contribution in [3.8, 4) is 5.75 Å². The molecule has 0 atom stereocenters. The SMILES string of the molecule is COc1ccc(Br)nc1C1=CCN(C(=O)OC(C)(C)C)CC1. The van der Waals surface area contributed by atoms with Gasteiger partial charge in [-0.3, -0.25) is 0 Å². The summed E-state index contributed by atoms with van der Waals surface area (Å²) in [5.41, 5.74) is 1.43. The second kappa shape index (κ2) is 6.69. The molecule has 1 aromatic heterocycles. The molecule has 2 heterocycles.